The lowest BCUT2D eigenvalue weighted by molar-refractivity contribution is -0.114. The van der Waals surface area contributed by atoms with Crippen LogP contribution in [0.2, 0.25) is 5.02 Å². The molecule has 0 aliphatic carbocycles. The fraction of sp³-hybridized carbons (Fsp3) is 0.259. The van der Waals surface area contributed by atoms with Gasteiger partial charge < -0.3 is 10.6 Å². The van der Waals surface area contributed by atoms with Crippen molar-refractivity contribution in [3.63, 3.8) is 0 Å². The topological polar surface area (TPSA) is 95.6 Å². The molecule has 0 unspecified atom stereocenters. The highest BCUT2D eigenvalue weighted by molar-refractivity contribution is 7.92. The van der Waals surface area contributed by atoms with Crippen LogP contribution in [-0.4, -0.2) is 33.0 Å². The number of hydrogen-bond acceptors (Lipinski definition) is 4. The van der Waals surface area contributed by atoms with Crippen LogP contribution in [0.5, 0.6) is 0 Å². The normalized spacial score (nSPS) is 11.6. The van der Waals surface area contributed by atoms with E-state index in [1.807, 2.05) is 12.1 Å². The van der Waals surface area contributed by atoms with Gasteiger partial charge in [-0.2, -0.15) is 0 Å². The molecule has 0 saturated carbocycles. The summed E-state index contributed by atoms with van der Waals surface area (Å²) in [5.41, 5.74) is 3.61. The van der Waals surface area contributed by atoms with Crippen LogP contribution in [0.4, 0.5) is 17.1 Å². The lowest BCUT2D eigenvalue weighted by Gasteiger charge is -2.22. The number of sulfonamides is 1. The van der Waals surface area contributed by atoms with Crippen LogP contribution in [0.25, 0.3) is 0 Å². The summed E-state index contributed by atoms with van der Waals surface area (Å²) in [6.45, 7) is 7.68. The first kappa shape index (κ1) is 27.2. The Hall–Kier alpha value is -3.36. The van der Waals surface area contributed by atoms with Crippen molar-refractivity contribution < 1.29 is 18.0 Å². The van der Waals surface area contributed by atoms with Crippen LogP contribution in [0.1, 0.15) is 42.3 Å². The molecular weight excluding hydrogens is 498 g/mol. The highest BCUT2D eigenvalue weighted by atomic mass is 35.5. The molecule has 2 N–H and O–H groups in total. The van der Waals surface area contributed by atoms with E-state index in [0.717, 1.165) is 21.7 Å². The molecule has 0 spiro atoms. The SMILES string of the molecule is Cc1ccc(N(CC(=O)Nc2cccc(NC(=O)c3ccc(C(C)(C)C)cc3)c2)S(C)(=O)=O)cc1Cl. The molecule has 0 aromatic heterocycles. The lowest BCUT2D eigenvalue weighted by Crippen LogP contribution is -2.37. The summed E-state index contributed by atoms with van der Waals surface area (Å²) < 4.78 is 25.7. The Morgan fingerprint density at radius 3 is 2.08 bits per heavy atom. The Balaban J connectivity index is 1.70. The van der Waals surface area contributed by atoms with Gasteiger partial charge in [-0.1, -0.05) is 56.6 Å². The summed E-state index contributed by atoms with van der Waals surface area (Å²) >= 11 is 6.15. The molecule has 0 fully saturated rings. The summed E-state index contributed by atoms with van der Waals surface area (Å²) in [5, 5.41) is 5.91. The van der Waals surface area contributed by atoms with Crippen molar-refractivity contribution >= 4 is 50.5 Å². The second-order valence-electron chi connectivity index (χ2n) is 9.61. The molecule has 0 heterocycles. The van der Waals surface area contributed by atoms with E-state index in [4.69, 9.17) is 11.6 Å². The average molecular weight is 528 g/mol. The van der Waals surface area contributed by atoms with Crippen molar-refractivity contribution in [3.05, 3.63) is 88.4 Å². The van der Waals surface area contributed by atoms with Gasteiger partial charge in [0.2, 0.25) is 15.9 Å². The van der Waals surface area contributed by atoms with E-state index in [0.29, 0.717) is 27.6 Å². The molecule has 7 nitrogen and oxygen atoms in total. The van der Waals surface area contributed by atoms with Gasteiger partial charge in [-0.3, -0.25) is 13.9 Å². The minimum absolute atomic E-state index is 0.0139. The third kappa shape index (κ3) is 7.08. The third-order valence-corrected chi connectivity index (χ3v) is 7.10. The Morgan fingerprint density at radius 1 is 0.917 bits per heavy atom. The van der Waals surface area contributed by atoms with Gasteiger partial charge in [0.25, 0.3) is 5.91 Å². The minimum Gasteiger partial charge on any atom is -0.324 e. The summed E-state index contributed by atoms with van der Waals surface area (Å²) in [4.78, 5) is 25.4. The van der Waals surface area contributed by atoms with E-state index in [1.54, 1.807) is 55.5 Å². The first-order valence-electron chi connectivity index (χ1n) is 11.3. The number of hydrogen-bond donors (Lipinski definition) is 2. The van der Waals surface area contributed by atoms with E-state index in [9.17, 15) is 18.0 Å². The van der Waals surface area contributed by atoms with Crippen molar-refractivity contribution in [2.24, 2.45) is 0 Å². The molecule has 3 aromatic carbocycles. The van der Waals surface area contributed by atoms with E-state index in [2.05, 4.69) is 31.4 Å². The number of aryl methyl sites for hydroxylation is 1. The zero-order valence-corrected chi connectivity index (χ0v) is 22.5. The van der Waals surface area contributed by atoms with Gasteiger partial charge in [-0.25, -0.2) is 8.42 Å². The number of halogens is 1. The summed E-state index contributed by atoms with van der Waals surface area (Å²) in [6.07, 6.45) is 1.03. The highest BCUT2D eigenvalue weighted by Gasteiger charge is 2.22. The molecule has 9 heteroatoms. The average Bonchev–Trinajstić information content (AvgIpc) is 2.78. The molecule has 0 aliphatic rings. The first-order chi connectivity index (χ1) is 16.7. The maximum absolute atomic E-state index is 12.7. The molecule has 0 saturated heterocycles. The Bertz CT molecular complexity index is 1380. The molecule has 0 aliphatic heterocycles. The van der Waals surface area contributed by atoms with Crippen LogP contribution in [0, 0.1) is 6.92 Å². The zero-order chi connectivity index (χ0) is 26.7. The third-order valence-electron chi connectivity index (χ3n) is 5.55. The molecular formula is C27H30ClN3O4S. The van der Waals surface area contributed by atoms with Crippen LogP contribution in [0.3, 0.4) is 0 Å². The summed E-state index contributed by atoms with van der Waals surface area (Å²) in [6, 6.07) is 18.9. The molecule has 0 atom stereocenters. The number of carbonyl (C=O) groups is 2. The Morgan fingerprint density at radius 2 is 1.53 bits per heavy atom. The molecule has 3 aromatic rings. The van der Waals surface area contributed by atoms with Crippen molar-refractivity contribution in [2.45, 2.75) is 33.1 Å². The first-order valence-corrected chi connectivity index (χ1v) is 13.5. The highest BCUT2D eigenvalue weighted by Crippen LogP contribution is 2.25. The number of nitrogens with one attached hydrogen (secondary N) is 2. The van der Waals surface area contributed by atoms with Gasteiger partial charge >= 0.3 is 0 Å². The standard InChI is InChI=1S/C27H30ClN3O4S/c1-18-9-14-23(16-24(18)28)31(36(5,34)35)17-25(32)29-21-7-6-8-22(15-21)30-26(33)19-10-12-20(13-11-19)27(2,3)4/h6-16H,17H2,1-5H3,(H,29,32)(H,30,33). The fourth-order valence-electron chi connectivity index (χ4n) is 3.47. The van der Waals surface area contributed by atoms with Crippen molar-refractivity contribution in [1.82, 2.24) is 0 Å². The fourth-order valence-corrected chi connectivity index (χ4v) is 4.49. The lowest BCUT2D eigenvalue weighted by atomic mass is 9.87. The molecule has 36 heavy (non-hydrogen) atoms. The van der Waals surface area contributed by atoms with E-state index < -0.39 is 22.5 Å². The molecule has 0 bridgehead atoms. The Kier molecular flexibility index (Phi) is 8.11. The number of benzene rings is 3. The van der Waals surface area contributed by atoms with Crippen molar-refractivity contribution in [1.29, 1.82) is 0 Å². The number of amides is 2. The van der Waals surface area contributed by atoms with Gasteiger partial charge in [-0.15, -0.1) is 0 Å². The van der Waals surface area contributed by atoms with E-state index >= 15 is 0 Å². The number of carbonyl (C=O) groups excluding carboxylic acids is 2. The maximum Gasteiger partial charge on any atom is 0.255 e. The summed E-state index contributed by atoms with van der Waals surface area (Å²) in [7, 11) is -3.75. The van der Waals surface area contributed by atoms with Crippen LogP contribution < -0.4 is 14.9 Å². The number of nitrogens with zero attached hydrogens (tertiary/aromatic N) is 1. The van der Waals surface area contributed by atoms with Crippen LogP contribution >= 0.6 is 11.6 Å². The minimum atomic E-state index is -3.75. The van der Waals surface area contributed by atoms with Crippen molar-refractivity contribution in [3.8, 4) is 0 Å². The molecule has 3 rings (SSSR count). The largest absolute Gasteiger partial charge is 0.324 e. The quantitative estimate of drug-likeness (QED) is 0.418. The van der Waals surface area contributed by atoms with Gasteiger partial charge in [0, 0.05) is 22.0 Å². The van der Waals surface area contributed by atoms with E-state index in [1.165, 1.54) is 6.07 Å². The van der Waals surface area contributed by atoms with Gasteiger partial charge in [0.1, 0.15) is 6.54 Å². The second-order valence-corrected chi connectivity index (χ2v) is 11.9. The molecule has 190 valence electrons. The van der Waals surface area contributed by atoms with Crippen molar-refractivity contribution in [2.75, 3.05) is 27.7 Å². The van der Waals surface area contributed by atoms with Gasteiger partial charge in [0.05, 0.1) is 11.9 Å². The zero-order valence-electron chi connectivity index (χ0n) is 20.9. The summed E-state index contributed by atoms with van der Waals surface area (Å²) in [5.74, 6) is -0.822. The van der Waals surface area contributed by atoms with Gasteiger partial charge in [0.15, 0.2) is 0 Å². The van der Waals surface area contributed by atoms with Gasteiger partial charge in [-0.05, 0) is 65.9 Å². The monoisotopic (exact) mass is 527 g/mol. The number of anilines is 3. The number of rotatable bonds is 7. The predicted octanol–water partition coefficient (Wildman–Crippen LogP) is 5.60. The maximum atomic E-state index is 12.7. The molecule has 0 radical (unpaired) electrons. The van der Waals surface area contributed by atoms with Crippen LogP contribution in [0.15, 0.2) is 66.7 Å². The van der Waals surface area contributed by atoms with Crippen LogP contribution in [-0.2, 0) is 20.2 Å². The molecule has 2 amide bonds. The smallest absolute Gasteiger partial charge is 0.255 e. The predicted molar refractivity (Wildman–Crippen MR) is 147 cm³/mol. The Labute approximate surface area is 217 Å². The second kappa shape index (κ2) is 10.7. The van der Waals surface area contributed by atoms with E-state index in [-0.39, 0.29) is 11.3 Å².